The number of phenolic OH excluding ortho intramolecular Hbond substituents is 1. The Morgan fingerprint density at radius 1 is 0.838 bits per heavy atom. The molecule has 0 aliphatic heterocycles. The third-order valence-electron chi connectivity index (χ3n) is 5.62. The number of carbonyl (C=O) groups is 4. The van der Waals surface area contributed by atoms with Gasteiger partial charge in [0.05, 0.1) is 6.04 Å². The van der Waals surface area contributed by atoms with E-state index >= 15 is 0 Å². The van der Waals surface area contributed by atoms with Gasteiger partial charge in [-0.3, -0.25) is 14.4 Å². The summed E-state index contributed by atoms with van der Waals surface area (Å²) in [5, 5.41) is 26.6. The van der Waals surface area contributed by atoms with Crippen molar-refractivity contribution in [3.8, 4) is 5.75 Å². The highest BCUT2D eigenvalue weighted by molar-refractivity contribution is 7.98. The van der Waals surface area contributed by atoms with E-state index in [1.807, 2.05) is 12.3 Å². The van der Waals surface area contributed by atoms with E-state index in [0.29, 0.717) is 5.75 Å². The molecule has 200 valence electrons. The van der Waals surface area contributed by atoms with Crippen molar-refractivity contribution in [1.82, 2.24) is 16.0 Å². The second kappa shape index (κ2) is 14.9. The summed E-state index contributed by atoms with van der Waals surface area (Å²) in [6, 6.07) is 11.2. The van der Waals surface area contributed by atoms with E-state index in [0.717, 1.165) is 11.1 Å². The van der Waals surface area contributed by atoms with Crippen LogP contribution in [0.4, 0.5) is 0 Å². The van der Waals surface area contributed by atoms with Gasteiger partial charge in [0.2, 0.25) is 17.7 Å². The Bertz CT molecular complexity index is 1050. The van der Waals surface area contributed by atoms with Crippen molar-refractivity contribution < 1.29 is 29.4 Å². The van der Waals surface area contributed by atoms with Crippen molar-refractivity contribution in [3.05, 3.63) is 65.7 Å². The van der Waals surface area contributed by atoms with Crippen LogP contribution in [0, 0.1) is 0 Å². The van der Waals surface area contributed by atoms with Gasteiger partial charge in [0, 0.05) is 6.42 Å². The number of benzene rings is 2. The number of phenols is 1. The van der Waals surface area contributed by atoms with Gasteiger partial charge >= 0.3 is 5.97 Å². The number of aliphatic carboxylic acids is 1. The highest BCUT2D eigenvalue weighted by Gasteiger charge is 2.29. The molecular weight excluding hydrogens is 496 g/mol. The van der Waals surface area contributed by atoms with E-state index in [-0.39, 0.29) is 25.0 Å². The molecule has 2 rings (SSSR count). The van der Waals surface area contributed by atoms with E-state index in [9.17, 15) is 29.4 Å². The molecule has 0 saturated carbocycles. The maximum atomic E-state index is 13.0. The first-order valence-electron chi connectivity index (χ1n) is 11.8. The van der Waals surface area contributed by atoms with Crippen LogP contribution in [0.5, 0.6) is 5.75 Å². The van der Waals surface area contributed by atoms with Gasteiger partial charge in [-0.05, 0) is 55.0 Å². The molecule has 0 fully saturated rings. The van der Waals surface area contributed by atoms with Crippen LogP contribution in [0.3, 0.4) is 0 Å². The summed E-state index contributed by atoms with van der Waals surface area (Å²) in [4.78, 5) is 50.1. The van der Waals surface area contributed by atoms with Gasteiger partial charge in [-0.25, -0.2) is 4.79 Å². The molecule has 37 heavy (non-hydrogen) atoms. The molecule has 3 amide bonds. The van der Waals surface area contributed by atoms with Gasteiger partial charge in [-0.15, -0.1) is 0 Å². The predicted molar refractivity (Wildman–Crippen MR) is 142 cm³/mol. The zero-order chi connectivity index (χ0) is 27.4. The Kier molecular flexibility index (Phi) is 11.9. The normalized spacial score (nSPS) is 14.0. The molecule has 2 aromatic rings. The van der Waals surface area contributed by atoms with E-state index in [1.54, 1.807) is 36.4 Å². The van der Waals surface area contributed by atoms with Crippen LogP contribution in [0.1, 0.15) is 24.5 Å². The van der Waals surface area contributed by atoms with Crippen molar-refractivity contribution in [2.24, 2.45) is 5.73 Å². The number of carboxylic acid groups (broad SMARTS) is 1. The molecule has 11 heteroatoms. The van der Waals surface area contributed by atoms with E-state index in [2.05, 4.69) is 16.0 Å². The minimum atomic E-state index is -1.16. The van der Waals surface area contributed by atoms with Crippen LogP contribution < -0.4 is 21.7 Å². The minimum absolute atomic E-state index is 0.0973. The third-order valence-corrected chi connectivity index (χ3v) is 6.27. The largest absolute Gasteiger partial charge is 0.508 e. The van der Waals surface area contributed by atoms with Gasteiger partial charge in [0.1, 0.15) is 23.9 Å². The smallest absolute Gasteiger partial charge is 0.326 e. The number of aromatic hydroxyl groups is 1. The lowest BCUT2D eigenvalue weighted by molar-refractivity contribution is -0.142. The monoisotopic (exact) mass is 530 g/mol. The minimum Gasteiger partial charge on any atom is -0.508 e. The molecule has 0 heterocycles. The predicted octanol–water partition coefficient (Wildman–Crippen LogP) is 0.817. The fraction of sp³-hybridized carbons (Fsp3) is 0.385. The van der Waals surface area contributed by atoms with Gasteiger partial charge in [0.15, 0.2) is 0 Å². The van der Waals surface area contributed by atoms with Gasteiger partial charge in [-0.1, -0.05) is 42.5 Å². The first-order chi connectivity index (χ1) is 17.6. The number of thioether (sulfide) groups is 1. The molecule has 0 aliphatic carbocycles. The van der Waals surface area contributed by atoms with E-state index in [1.165, 1.54) is 30.8 Å². The molecule has 10 nitrogen and oxygen atoms in total. The summed E-state index contributed by atoms with van der Waals surface area (Å²) in [5.74, 6) is -2.32. The summed E-state index contributed by atoms with van der Waals surface area (Å²) in [6.45, 7) is 1.47. The molecule has 4 atom stereocenters. The van der Waals surface area contributed by atoms with Crippen LogP contribution >= 0.6 is 11.8 Å². The lowest BCUT2D eigenvalue weighted by atomic mass is 10.0. The summed E-state index contributed by atoms with van der Waals surface area (Å²) in [7, 11) is 0. The van der Waals surface area contributed by atoms with Crippen molar-refractivity contribution in [3.63, 3.8) is 0 Å². The summed E-state index contributed by atoms with van der Waals surface area (Å²) >= 11 is 1.46. The Morgan fingerprint density at radius 2 is 1.43 bits per heavy atom. The van der Waals surface area contributed by atoms with Crippen LogP contribution in [-0.2, 0) is 32.0 Å². The number of nitrogens with two attached hydrogens (primary N) is 1. The second-order valence-electron chi connectivity index (χ2n) is 8.64. The first kappa shape index (κ1) is 29.7. The highest BCUT2D eigenvalue weighted by atomic mass is 32.2. The van der Waals surface area contributed by atoms with Crippen LogP contribution in [0.2, 0.25) is 0 Å². The zero-order valence-corrected chi connectivity index (χ0v) is 21.7. The number of rotatable bonds is 14. The Balaban J connectivity index is 2.05. The molecule has 0 radical (unpaired) electrons. The number of nitrogens with one attached hydrogen (secondary N) is 3. The topological polar surface area (TPSA) is 171 Å². The summed E-state index contributed by atoms with van der Waals surface area (Å²) in [5.41, 5.74) is 7.49. The lowest BCUT2D eigenvalue weighted by Gasteiger charge is -2.24. The van der Waals surface area contributed by atoms with Crippen LogP contribution in [0.15, 0.2) is 54.6 Å². The molecule has 0 aliphatic rings. The number of hydrogen-bond acceptors (Lipinski definition) is 7. The number of amides is 3. The number of carbonyl (C=O) groups excluding carboxylic acids is 3. The fourth-order valence-electron chi connectivity index (χ4n) is 3.49. The maximum Gasteiger partial charge on any atom is 0.326 e. The van der Waals surface area contributed by atoms with Crippen molar-refractivity contribution in [1.29, 1.82) is 0 Å². The average Bonchev–Trinajstić information content (AvgIpc) is 2.87. The molecule has 0 spiro atoms. The van der Waals surface area contributed by atoms with Crippen molar-refractivity contribution >= 4 is 35.5 Å². The molecule has 0 aromatic heterocycles. The zero-order valence-electron chi connectivity index (χ0n) is 20.8. The number of carboxylic acids is 1. The molecule has 2 aromatic carbocycles. The van der Waals surface area contributed by atoms with E-state index < -0.39 is 47.9 Å². The van der Waals surface area contributed by atoms with Gasteiger partial charge in [0.25, 0.3) is 0 Å². The van der Waals surface area contributed by atoms with Crippen molar-refractivity contribution in [2.45, 2.75) is 50.4 Å². The average molecular weight is 531 g/mol. The van der Waals surface area contributed by atoms with Crippen LogP contribution in [0.25, 0.3) is 0 Å². The SMILES string of the molecule is CSCCC(NC(=O)C(Cc1ccccc1)NC(=O)C(C)NC(=O)C(N)Cc1ccc(O)cc1)C(=O)O. The van der Waals surface area contributed by atoms with Crippen LogP contribution in [-0.4, -0.2) is 70.1 Å². The molecule has 0 saturated heterocycles. The second-order valence-corrected chi connectivity index (χ2v) is 9.62. The molecule has 0 bridgehead atoms. The maximum absolute atomic E-state index is 13.0. The van der Waals surface area contributed by atoms with E-state index in [4.69, 9.17) is 5.73 Å². The summed E-state index contributed by atoms with van der Waals surface area (Å²) in [6.07, 6.45) is 2.41. The highest BCUT2D eigenvalue weighted by Crippen LogP contribution is 2.11. The number of hydrogen-bond donors (Lipinski definition) is 6. The Labute approximate surface area is 220 Å². The molecule has 7 N–H and O–H groups in total. The van der Waals surface area contributed by atoms with Gasteiger partial charge in [-0.2, -0.15) is 11.8 Å². The quantitative estimate of drug-likeness (QED) is 0.208. The third kappa shape index (κ3) is 10.1. The summed E-state index contributed by atoms with van der Waals surface area (Å²) < 4.78 is 0. The Morgan fingerprint density at radius 3 is 2.03 bits per heavy atom. The Hall–Kier alpha value is -3.57. The molecular formula is C26H34N4O6S. The molecule has 4 unspecified atom stereocenters. The first-order valence-corrected chi connectivity index (χ1v) is 13.2. The van der Waals surface area contributed by atoms with Gasteiger partial charge < -0.3 is 31.9 Å². The standard InChI is InChI=1S/C26H34N4O6S/c1-16(28-24(33)20(27)14-18-8-10-19(31)11-9-18)23(32)30-22(15-17-6-4-3-5-7-17)25(34)29-21(26(35)36)12-13-37-2/h3-11,16,20-22,31H,12-15,27H2,1-2H3,(H,28,33)(H,29,34)(H,30,32)(H,35,36). The van der Waals surface area contributed by atoms with Crippen molar-refractivity contribution in [2.75, 3.05) is 12.0 Å². The lowest BCUT2D eigenvalue weighted by Crippen LogP contribution is -2.57. The fourth-order valence-corrected chi connectivity index (χ4v) is 3.96.